The molecule has 2 unspecified atom stereocenters. The minimum atomic E-state index is -0.158. The molecule has 1 aliphatic heterocycles. The summed E-state index contributed by atoms with van der Waals surface area (Å²) in [6.45, 7) is 0. The van der Waals surface area contributed by atoms with Crippen molar-refractivity contribution in [2.24, 2.45) is 11.7 Å². The van der Waals surface area contributed by atoms with E-state index < -0.39 is 0 Å². The molecule has 0 bridgehead atoms. The van der Waals surface area contributed by atoms with Gasteiger partial charge in [0, 0.05) is 6.04 Å². The zero-order chi connectivity index (χ0) is 10.7. The molecule has 3 N–H and O–H groups in total. The lowest BCUT2D eigenvalue weighted by Crippen LogP contribution is -2.50. The van der Waals surface area contributed by atoms with Crippen molar-refractivity contribution in [1.82, 2.24) is 5.32 Å². The number of thioether (sulfide) groups is 1. The first-order chi connectivity index (χ1) is 7.27. The highest BCUT2D eigenvalue weighted by atomic mass is 32.2. The Morgan fingerprint density at radius 2 is 2.07 bits per heavy atom. The fourth-order valence-corrected chi connectivity index (χ4v) is 3.91. The summed E-state index contributed by atoms with van der Waals surface area (Å²) in [7, 11) is 0. The van der Waals surface area contributed by atoms with Crippen LogP contribution in [0.2, 0.25) is 0 Å². The highest BCUT2D eigenvalue weighted by Crippen LogP contribution is 2.27. The molecule has 15 heavy (non-hydrogen) atoms. The molecular weight excluding hydrogens is 208 g/mol. The Morgan fingerprint density at radius 3 is 2.60 bits per heavy atom. The van der Waals surface area contributed by atoms with Crippen LogP contribution in [0.25, 0.3) is 0 Å². The van der Waals surface area contributed by atoms with E-state index >= 15 is 0 Å². The smallest absolute Gasteiger partial charge is 0.234 e. The SMILES string of the molecule is NC(=O)C(NC1CCCC1)C1CCSC1. The number of hydrogen-bond donors (Lipinski definition) is 2. The average molecular weight is 228 g/mol. The summed E-state index contributed by atoms with van der Waals surface area (Å²) in [6.07, 6.45) is 6.15. The molecule has 86 valence electrons. The number of primary amides is 1. The first-order valence-electron chi connectivity index (χ1n) is 5.90. The van der Waals surface area contributed by atoms with Gasteiger partial charge in [-0.05, 0) is 36.7 Å². The maximum Gasteiger partial charge on any atom is 0.234 e. The maximum atomic E-state index is 11.4. The fraction of sp³-hybridized carbons (Fsp3) is 0.909. The van der Waals surface area contributed by atoms with Crippen molar-refractivity contribution in [1.29, 1.82) is 0 Å². The molecule has 4 heteroatoms. The summed E-state index contributed by atoms with van der Waals surface area (Å²) in [5.74, 6) is 2.58. The van der Waals surface area contributed by atoms with Gasteiger partial charge in [-0.15, -0.1) is 0 Å². The van der Waals surface area contributed by atoms with Gasteiger partial charge in [0.15, 0.2) is 0 Å². The summed E-state index contributed by atoms with van der Waals surface area (Å²) in [6, 6.07) is 0.455. The second-order valence-electron chi connectivity index (χ2n) is 4.65. The van der Waals surface area contributed by atoms with Gasteiger partial charge in [0.1, 0.15) is 0 Å². The third kappa shape index (κ3) is 2.88. The van der Waals surface area contributed by atoms with Gasteiger partial charge >= 0.3 is 0 Å². The van der Waals surface area contributed by atoms with Gasteiger partial charge in [-0.2, -0.15) is 11.8 Å². The van der Waals surface area contributed by atoms with Crippen LogP contribution in [0.5, 0.6) is 0 Å². The Bertz CT molecular complexity index is 223. The van der Waals surface area contributed by atoms with Crippen LogP contribution in [-0.4, -0.2) is 29.5 Å². The molecule has 2 rings (SSSR count). The van der Waals surface area contributed by atoms with Crippen molar-refractivity contribution in [3.63, 3.8) is 0 Å². The van der Waals surface area contributed by atoms with Gasteiger partial charge in [-0.25, -0.2) is 0 Å². The third-order valence-corrected chi connectivity index (χ3v) is 4.70. The summed E-state index contributed by atoms with van der Waals surface area (Å²) < 4.78 is 0. The van der Waals surface area contributed by atoms with Gasteiger partial charge in [0.2, 0.25) is 5.91 Å². The molecule has 0 radical (unpaired) electrons. The Labute approximate surface area is 95.6 Å². The molecule has 1 heterocycles. The largest absolute Gasteiger partial charge is 0.368 e. The van der Waals surface area contributed by atoms with Crippen molar-refractivity contribution in [2.45, 2.75) is 44.2 Å². The van der Waals surface area contributed by atoms with Crippen LogP contribution in [0.4, 0.5) is 0 Å². The van der Waals surface area contributed by atoms with E-state index in [0.29, 0.717) is 12.0 Å². The van der Waals surface area contributed by atoms with E-state index in [1.165, 1.54) is 31.4 Å². The zero-order valence-electron chi connectivity index (χ0n) is 9.08. The standard InChI is InChI=1S/C11H20N2OS/c12-11(14)10(8-5-6-15-7-8)13-9-3-1-2-4-9/h8-10,13H,1-7H2,(H2,12,14). The molecule has 1 amide bonds. The van der Waals surface area contributed by atoms with Crippen molar-refractivity contribution >= 4 is 17.7 Å². The predicted octanol–water partition coefficient (Wildman–Crippen LogP) is 1.13. The first-order valence-corrected chi connectivity index (χ1v) is 7.06. The monoisotopic (exact) mass is 228 g/mol. The van der Waals surface area contributed by atoms with Gasteiger partial charge in [0.25, 0.3) is 0 Å². The van der Waals surface area contributed by atoms with Crippen LogP contribution in [0, 0.1) is 5.92 Å². The van der Waals surface area contributed by atoms with Crippen LogP contribution in [0.1, 0.15) is 32.1 Å². The topological polar surface area (TPSA) is 55.1 Å². The molecule has 3 nitrogen and oxygen atoms in total. The molecule has 2 atom stereocenters. The molecule has 1 aliphatic carbocycles. The van der Waals surface area contributed by atoms with E-state index in [1.54, 1.807) is 0 Å². The molecule has 1 saturated heterocycles. The molecule has 1 saturated carbocycles. The lowest BCUT2D eigenvalue weighted by molar-refractivity contribution is -0.121. The second kappa shape index (κ2) is 5.21. The zero-order valence-corrected chi connectivity index (χ0v) is 9.89. The molecular formula is C11H20N2OS. The van der Waals surface area contributed by atoms with Gasteiger partial charge < -0.3 is 11.1 Å². The van der Waals surface area contributed by atoms with E-state index in [0.717, 1.165) is 12.2 Å². The first kappa shape index (κ1) is 11.3. The molecule has 0 aromatic rings. The van der Waals surface area contributed by atoms with Crippen LogP contribution in [0.3, 0.4) is 0 Å². The molecule has 0 aromatic heterocycles. The minimum absolute atomic E-state index is 0.0805. The number of rotatable bonds is 4. The number of amides is 1. The average Bonchev–Trinajstić information content (AvgIpc) is 2.87. The summed E-state index contributed by atoms with van der Waals surface area (Å²) in [5.41, 5.74) is 5.48. The van der Waals surface area contributed by atoms with Crippen molar-refractivity contribution in [3.8, 4) is 0 Å². The quantitative estimate of drug-likeness (QED) is 0.758. The molecule has 0 aromatic carbocycles. The van der Waals surface area contributed by atoms with Crippen LogP contribution in [-0.2, 0) is 4.79 Å². The number of carbonyl (C=O) groups excluding carboxylic acids is 1. The number of carbonyl (C=O) groups is 1. The van der Waals surface area contributed by atoms with E-state index in [4.69, 9.17) is 5.73 Å². The Balaban J connectivity index is 1.89. The summed E-state index contributed by atoms with van der Waals surface area (Å²) >= 11 is 1.94. The fourth-order valence-electron chi connectivity index (χ4n) is 2.61. The lowest BCUT2D eigenvalue weighted by atomic mass is 9.97. The summed E-state index contributed by atoms with van der Waals surface area (Å²) in [5, 5.41) is 3.47. The van der Waals surface area contributed by atoms with Crippen molar-refractivity contribution in [2.75, 3.05) is 11.5 Å². The van der Waals surface area contributed by atoms with Crippen LogP contribution in [0.15, 0.2) is 0 Å². The van der Waals surface area contributed by atoms with Crippen LogP contribution >= 0.6 is 11.8 Å². The lowest BCUT2D eigenvalue weighted by Gasteiger charge is -2.24. The van der Waals surface area contributed by atoms with E-state index in [2.05, 4.69) is 5.32 Å². The Morgan fingerprint density at radius 1 is 1.33 bits per heavy atom. The van der Waals surface area contributed by atoms with Gasteiger partial charge in [-0.3, -0.25) is 4.79 Å². The van der Waals surface area contributed by atoms with E-state index in [1.807, 2.05) is 11.8 Å². The highest BCUT2D eigenvalue weighted by Gasteiger charge is 2.31. The Kier molecular flexibility index (Phi) is 3.92. The number of nitrogens with one attached hydrogen (secondary N) is 1. The van der Waals surface area contributed by atoms with E-state index in [9.17, 15) is 4.79 Å². The Hall–Kier alpha value is -0.220. The van der Waals surface area contributed by atoms with E-state index in [-0.39, 0.29) is 11.9 Å². The third-order valence-electron chi connectivity index (χ3n) is 3.51. The molecule has 0 spiro atoms. The predicted molar refractivity (Wildman–Crippen MR) is 63.8 cm³/mol. The highest BCUT2D eigenvalue weighted by molar-refractivity contribution is 7.99. The minimum Gasteiger partial charge on any atom is -0.368 e. The normalized spacial score (nSPS) is 29.5. The number of hydrogen-bond acceptors (Lipinski definition) is 3. The van der Waals surface area contributed by atoms with Gasteiger partial charge in [-0.1, -0.05) is 12.8 Å². The van der Waals surface area contributed by atoms with Crippen molar-refractivity contribution < 1.29 is 4.79 Å². The van der Waals surface area contributed by atoms with Gasteiger partial charge in [0.05, 0.1) is 6.04 Å². The molecule has 2 aliphatic rings. The number of nitrogens with two attached hydrogens (primary N) is 1. The van der Waals surface area contributed by atoms with Crippen molar-refractivity contribution in [3.05, 3.63) is 0 Å². The maximum absolute atomic E-state index is 11.4. The summed E-state index contributed by atoms with van der Waals surface area (Å²) in [4.78, 5) is 11.4. The van der Waals surface area contributed by atoms with Crippen LogP contribution < -0.4 is 11.1 Å². The molecule has 2 fully saturated rings. The second-order valence-corrected chi connectivity index (χ2v) is 5.80.